The summed E-state index contributed by atoms with van der Waals surface area (Å²) in [5.41, 5.74) is 0.275. The number of non-ortho nitro benzene ring substituents is 1. The highest BCUT2D eigenvalue weighted by atomic mass is 16.6. The highest BCUT2D eigenvalue weighted by molar-refractivity contribution is 5.92. The first-order chi connectivity index (χ1) is 11.1. The van der Waals surface area contributed by atoms with Crippen molar-refractivity contribution >= 4 is 17.3 Å². The second-order valence-electron chi connectivity index (χ2n) is 5.85. The molecule has 0 aromatic heterocycles. The number of nitro groups is 1. The van der Waals surface area contributed by atoms with E-state index in [9.17, 15) is 14.9 Å². The number of rotatable bonds is 6. The Balaban J connectivity index is 1.93. The summed E-state index contributed by atoms with van der Waals surface area (Å²) < 4.78 is 5.15. The number of ether oxygens (including phenoxy) is 1. The van der Waals surface area contributed by atoms with Gasteiger partial charge in [0.2, 0.25) is 5.91 Å². The van der Waals surface area contributed by atoms with E-state index < -0.39 is 4.92 Å². The Labute approximate surface area is 135 Å². The molecule has 2 rings (SSSR count). The van der Waals surface area contributed by atoms with Gasteiger partial charge in [-0.3, -0.25) is 14.9 Å². The molecule has 0 atom stereocenters. The lowest BCUT2D eigenvalue weighted by Crippen LogP contribution is -3.12. The number of quaternary nitrogens is 1. The second-order valence-corrected chi connectivity index (χ2v) is 5.85. The molecule has 1 amide bonds. The summed E-state index contributed by atoms with van der Waals surface area (Å²) in [4.78, 5) is 24.0. The van der Waals surface area contributed by atoms with Gasteiger partial charge in [0.1, 0.15) is 5.75 Å². The van der Waals surface area contributed by atoms with Crippen LogP contribution in [0.3, 0.4) is 0 Å². The molecular weight excluding hydrogens is 298 g/mol. The van der Waals surface area contributed by atoms with Crippen LogP contribution in [-0.2, 0) is 4.79 Å². The third-order valence-corrected chi connectivity index (χ3v) is 4.18. The zero-order valence-corrected chi connectivity index (χ0v) is 13.5. The third kappa shape index (κ3) is 5.21. The maximum Gasteiger partial charge on any atom is 0.271 e. The van der Waals surface area contributed by atoms with E-state index in [2.05, 4.69) is 5.32 Å². The minimum absolute atomic E-state index is 0.0701. The first kappa shape index (κ1) is 17.2. The van der Waals surface area contributed by atoms with Crippen LogP contribution in [0.25, 0.3) is 0 Å². The highest BCUT2D eigenvalue weighted by Crippen LogP contribution is 2.28. The summed E-state index contributed by atoms with van der Waals surface area (Å²) in [6.45, 7) is 3.03. The number of nitro benzene ring substituents is 1. The van der Waals surface area contributed by atoms with Crippen LogP contribution >= 0.6 is 0 Å². The van der Waals surface area contributed by atoms with Crippen LogP contribution in [0.4, 0.5) is 11.4 Å². The number of anilines is 1. The Bertz CT molecular complexity index is 554. The maximum absolute atomic E-state index is 12.1. The standard InChI is InChI=1S/C16H23N3O4/c1-23-15-7-6-13(19(21)22)12-14(15)17-16(20)8-11-18-9-4-2-3-5-10-18/h6-7,12H,2-5,8-11H2,1H3,(H,17,20)/p+1. The fraction of sp³-hybridized carbons (Fsp3) is 0.562. The summed E-state index contributed by atoms with van der Waals surface area (Å²) in [5, 5.41) is 13.6. The lowest BCUT2D eigenvalue weighted by atomic mass is 10.2. The molecule has 23 heavy (non-hydrogen) atoms. The molecule has 0 unspecified atom stereocenters. The van der Waals surface area contributed by atoms with Gasteiger partial charge in [0, 0.05) is 12.1 Å². The van der Waals surface area contributed by atoms with Crippen molar-refractivity contribution in [2.24, 2.45) is 0 Å². The van der Waals surface area contributed by atoms with Crippen LogP contribution in [0.5, 0.6) is 5.75 Å². The molecule has 1 aliphatic rings. The Morgan fingerprint density at radius 3 is 2.61 bits per heavy atom. The molecule has 2 N–H and O–H groups in total. The number of nitrogens with one attached hydrogen (secondary N) is 2. The van der Waals surface area contributed by atoms with Gasteiger partial charge < -0.3 is 15.0 Å². The molecule has 1 heterocycles. The van der Waals surface area contributed by atoms with Gasteiger partial charge in [-0.25, -0.2) is 0 Å². The van der Waals surface area contributed by atoms with Crippen molar-refractivity contribution in [3.63, 3.8) is 0 Å². The number of nitrogens with zero attached hydrogens (tertiary/aromatic N) is 1. The molecule has 0 aliphatic carbocycles. The van der Waals surface area contributed by atoms with E-state index in [1.165, 1.54) is 55.9 Å². The van der Waals surface area contributed by atoms with Crippen molar-refractivity contribution in [2.75, 3.05) is 32.1 Å². The average molecular weight is 322 g/mol. The molecule has 1 aromatic carbocycles. The van der Waals surface area contributed by atoms with Crippen LogP contribution in [0.1, 0.15) is 32.1 Å². The zero-order chi connectivity index (χ0) is 16.7. The van der Waals surface area contributed by atoms with Gasteiger partial charge in [-0.05, 0) is 31.7 Å². The number of benzene rings is 1. The van der Waals surface area contributed by atoms with E-state index >= 15 is 0 Å². The molecule has 0 saturated carbocycles. The van der Waals surface area contributed by atoms with Crippen molar-refractivity contribution in [1.29, 1.82) is 0 Å². The van der Waals surface area contributed by atoms with E-state index in [1.54, 1.807) is 0 Å². The van der Waals surface area contributed by atoms with Gasteiger partial charge in [-0.15, -0.1) is 0 Å². The number of carbonyl (C=O) groups excluding carboxylic acids is 1. The predicted octanol–water partition coefficient (Wildman–Crippen LogP) is 1.39. The van der Waals surface area contributed by atoms with Crippen molar-refractivity contribution < 1.29 is 19.4 Å². The lowest BCUT2D eigenvalue weighted by molar-refractivity contribution is -0.898. The smallest absolute Gasteiger partial charge is 0.271 e. The van der Waals surface area contributed by atoms with Crippen LogP contribution in [-0.4, -0.2) is 37.6 Å². The average Bonchev–Trinajstić information content (AvgIpc) is 2.81. The molecule has 0 spiro atoms. The SMILES string of the molecule is COc1ccc([N+](=O)[O-])cc1NC(=O)CC[NH+]1CCCCCC1. The van der Waals surface area contributed by atoms with Gasteiger partial charge in [-0.2, -0.15) is 0 Å². The van der Waals surface area contributed by atoms with Crippen molar-refractivity contribution in [2.45, 2.75) is 32.1 Å². The molecule has 1 aromatic rings. The molecule has 7 nitrogen and oxygen atoms in total. The monoisotopic (exact) mass is 322 g/mol. The quantitative estimate of drug-likeness (QED) is 0.612. The molecule has 1 fully saturated rings. The van der Waals surface area contributed by atoms with Gasteiger partial charge in [0.05, 0.1) is 43.8 Å². The number of likely N-dealkylation sites (tertiary alicyclic amines) is 1. The topological polar surface area (TPSA) is 85.9 Å². The summed E-state index contributed by atoms with van der Waals surface area (Å²) in [6.07, 6.45) is 5.40. The number of hydrogen-bond acceptors (Lipinski definition) is 4. The normalized spacial score (nSPS) is 15.7. The largest absolute Gasteiger partial charge is 0.495 e. The summed E-state index contributed by atoms with van der Waals surface area (Å²) in [5.74, 6) is 0.284. The van der Waals surface area contributed by atoms with Crippen molar-refractivity contribution in [3.8, 4) is 5.75 Å². The summed E-state index contributed by atoms with van der Waals surface area (Å²) in [6, 6.07) is 4.18. The molecule has 0 bridgehead atoms. The molecule has 1 aliphatic heterocycles. The Hall–Kier alpha value is -2.15. The van der Waals surface area contributed by atoms with E-state index in [1.807, 2.05) is 0 Å². The van der Waals surface area contributed by atoms with E-state index in [0.717, 1.165) is 19.6 Å². The number of amides is 1. The van der Waals surface area contributed by atoms with Crippen molar-refractivity contribution in [1.82, 2.24) is 0 Å². The van der Waals surface area contributed by atoms with Crippen molar-refractivity contribution in [3.05, 3.63) is 28.3 Å². The van der Waals surface area contributed by atoms with Crippen LogP contribution in [0.2, 0.25) is 0 Å². The number of carbonyl (C=O) groups is 1. The van der Waals surface area contributed by atoms with E-state index in [-0.39, 0.29) is 11.6 Å². The highest BCUT2D eigenvalue weighted by Gasteiger charge is 2.16. The second kappa shape index (κ2) is 8.47. The third-order valence-electron chi connectivity index (χ3n) is 4.18. The van der Waals surface area contributed by atoms with Crippen LogP contribution in [0.15, 0.2) is 18.2 Å². The molecule has 7 heteroatoms. The molecule has 0 radical (unpaired) electrons. The van der Waals surface area contributed by atoms with Gasteiger partial charge in [0.25, 0.3) is 5.69 Å². The number of methoxy groups -OCH3 is 1. The molecule has 126 valence electrons. The van der Waals surface area contributed by atoms with Gasteiger partial charge in [-0.1, -0.05) is 0 Å². The Morgan fingerprint density at radius 2 is 2.00 bits per heavy atom. The molecule has 1 saturated heterocycles. The fourth-order valence-corrected chi connectivity index (χ4v) is 2.89. The maximum atomic E-state index is 12.1. The number of hydrogen-bond donors (Lipinski definition) is 2. The first-order valence-electron chi connectivity index (χ1n) is 8.06. The minimum Gasteiger partial charge on any atom is -0.495 e. The first-order valence-corrected chi connectivity index (χ1v) is 8.06. The minimum atomic E-state index is -0.490. The van der Waals surface area contributed by atoms with Crippen LogP contribution < -0.4 is 15.0 Å². The van der Waals surface area contributed by atoms with Gasteiger partial charge >= 0.3 is 0 Å². The summed E-state index contributed by atoms with van der Waals surface area (Å²) in [7, 11) is 1.47. The summed E-state index contributed by atoms with van der Waals surface area (Å²) >= 11 is 0. The fourth-order valence-electron chi connectivity index (χ4n) is 2.89. The van der Waals surface area contributed by atoms with E-state index in [0.29, 0.717) is 17.9 Å². The van der Waals surface area contributed by atoms with E-state index in [4.69, 9.17) is 4.74 Å². The lowest BCUT2D eigenvalue weighted by Gasteiger charge is -2.17. The van der Waals surface area contributed by atoms with Crippen LogP contribution in [0, 0.1) is 10.1 Å². The van der Waals surface area contributed by atoms with Gasteiger partial charge in [0.15, 0.2) is 0 Å². The molecular formula is C16H24N3O4+. The zero-order valence-electron chi connectivity index (χ0n) is 13.5. The Morgan fingerprint density at radius 1 is 1.30 bits per heavy atom. The Kier molecular flexibility index (Phi) is 6.34. The predicted molar refractivity (Wildman–Crippen MR) is 86.9 cm³/mol.